The van der Waals surface area contributed by atoms with Crippen molar-refractivity contribution in [3.05, 3.63) is 70.2 Å². The minimum absolute atomic E-state index is 0.0387. The first-order valence-electron chi connectivity index (χ1n) is 6.43. The molecule has 0 aromatic heterocycles. The van der Waals surface area contributed by atoms with Gasteiger partial charge in [0, 0.05) is 10.9 Å². The maximum Gasteiger partial charge on any atom is 0.154 e. The molecule has 0 bridgehead atoms. The Labute approximate surface area is 127 Å². The van der Waals surface area contributed by atoms with Crippen LogP contribution in [0.4, 0.5) is 0 Å². The lowest BCUT2D eigenvalue weighted by Crippen LogP contribution is -2.12. The summed E-state index contributed by atoms with van der Waals surface area (Å²) in [6.45, 7) is 0. The third-order valence-electron chi connectivity index (χ3n) is 3.17. The largest absolute Gasteiger partial charge is 0.298 e. The van der Waals surface area contributed by atoms with Gasteiger partial charge >= 0.3 is 0 Å². The first kappa shape index (κ1) is 14.5. The molecule has 0 spiro atoms. The first-order valence-corrected chi connectivity index (χ1v) is 7.22. The van der Waals surface area contributed by atoms with Crippen molar-refractivity contribution in [2.75, 3.05) is 0 Å². The Bertz CT molecular complexity index is 631. The average molecular weight is 328 g/mol. The van der Waals surface area contributed by atoms with Crippen LogP contribution in [0.5, 0.6) is 0 Å². The Morgan fingerprint density at radius 1 is 1.10 bits per heavy atom. The van der Waals surface area contributed by atoms with Crippen LogP contribution in [-0.2, 0) is 11.2 Å². The van der Waals surface area contributed by atoms with Crippen LogP contribution in [0.2, 0.25) is 0 Å². The zero-order valence-corrected chi connectivity index (χ0v) is 12.5. The maximum atomic E-state index is 12.3. The van der Waals surface area contributed by atoms with Gasteiger partial charge in [-0.15, -0.1) is 0 Å². The van der Waals surface area contributed by atoms with Crippen molar-refractivity contribution in [2.24, 2.45) is 0 Å². The molecule has 0 radical (unpaired) electrons. The Kier molecular flexibility index (Phi) is 5.09. The minimum Gasteiger partial charge on any atom is -0.298 e. The van der Waals surface area contributed by atoms with E-state index in [4.69, 9.17) is 0 Å². The Hall–Kier alpha value is -1.92. The summed E-state index contributed by atoms with van der Waals surface area (Å²) in [5, 5.41) is 9.28. The zero-order chi connectivity index (χ0) is 14.4. The molecule has 0 aliphatic carbocycles. The summed E-state index contributed by atoms with van der Waals surface area (Å²) in [5.74, 6) is -0.738. The molecule has 2 aromatic carbocycles. The number of ketones is 1. The van der Waals surface area contributed by atoms with Gasteiger partial charge in [-0.2, -0.15) is 5.26 Å². The second kappa shape index (κ2) is 7.02. The van der Waals surface area contributed by atoms with E-state index in [-0.39, 0.29) is 5.78 Å². The topological polar surface area (TPSA) is 40.9 Å². The van der Waals surface area contributed by atoms with E-state index in [1.54, 1.807) is 0 Å². The molecule has 0 aliphatic heterocycles. The SMILES string of the molecule is N#CC(C(=O)CCc1ccccc1)c1ccccc1Br. The van der Waals surface area contributed by atoms with Crippen LogP contribution in [0.3, 0.4) is 0 Å². The summed E-state index contributed by atoms with van der Waals surface area (Å²) in [5.41, 5.74) is 1.86. The van der Waals surface area contributed by atoms with Gasteiger partial charge in [0.1, 0.15) is 5.92 Å². The van der Waals surface area contributed by atoms with Crippen molar-refractivity contribution >= 4 is 21.7 Å². The van der Waals surface area contributed by atoms with Crippen LogP contribution in [0.25, 0.3) is 0 Å². The predicted molar refractivity (Wildman–Crippen MR) is 82.3 cm³/mol. The van der Waals surface area contributed by atoms with Gasteiger partial charge in [-0.25, -0.2) is 0 Å². The zero-order valence-electron chi connectivity index (χ0n) is 10.9. The van der Waals surface area contributed by atoms with E-state index in [2.05, 4.69) is 22.0 Å². The number of nitriles is 1. The number of aryl methyl sites for hydroxylation is 1. The number of carbonyl (C=O) groups is 1. The molecule has 3 heteroatoms. The van der Waals surface area contributed by atoms with Crippen LogP contribution in [-0.4, -0.2) is 5.78 Å². The van der Waals surface area contributed by atoms with E-state index in [0.717, 1.165) is 15.6 Å². The molecule has 100 valence electrons. The fraction of sp³-hybridized carbons (Fsp3) is 0.176. The fourth-order valence-corrected chi connectivity index (χ4v) is 2.59. The van der Waals surface area contributed by atoms with Crippen molar-refractivity contribution in [3.8, 4) is 6.07 Å². The number of Topliss-reactive ketones (excluding diaryl/α,β-unsaturated/α-hetero) is 1. The van der Waals surface area contributed by atoms with Gasteiger partial charge in [-0.05, 0) is 23.6 Å². The van der Waals surface area contributed by atoms with Gasteiger partial charge < -0.3 is 0 Å². The lowest BCUT2D eigenvalue weighted by molar-refractivity contribution is -0.119. The van der Waals surface area contributed by atoms with Gasteiger partial charge in [0.2, 0.25) is 0 Å². The van der Waals surface area contributed by atoms with E-state index >= 15 is 0 Å². The summed E-state index contributed by atoms with van der Waals surface area (Å²) >= 11 is 3.40. The normalized spacial score (nSPS) is 11.6. The van der Waals surface area contributed by atoms with Crippen LogP contribution < -0.4 is 0 Å². The molecule has 0 saturated heterocycles. The molecule has 1 unspecified atom stereocenters. The number of hydrogen-bond acceptors (Lipinski definition) is 2. The number of halogens is 1. The number of carbonyl (C=O) groups excluding carboxylic acids is 1. The Balaban J connectivity index is 2.07. The molecule has 2 nitrogen and oxygen atoms in total. The molecule has 0 aliphatic rings. The number of rotatable bonds is 5. The first-order chi connectivity index (χ1) is 9.72. The molecule has 0 saturated carbocycles. The second-order valence-corrected chi connectivity index (χ2v) is 5.39. The van der Waals surface area contributed by atoms with Gasteiger partial charge in [-0.3, -0.25) is 4.79 Å². The van der Waals surface area contributed by atoms with Crippen LogP contribution in [0.1, 0.15) is 23.5 Å². The molecule has 0 amide bonds. The van der Waals surface area contributed by atoms with Gasteiger partial charge in [0.25, 0.3) is 0 Å². The van der Waals surface area contributed by atoms with Gasteiger partial charge in [0.05, 0.1) is 6.07 Å². The van der Waals surface area contributed by atoms with Gasteiger partial charge in [0.15, 0.2) is 5.78 Å². The Morgan fingerprint density at radius 2 is 1.75 bits per heavy atom. The van der Waals surface area contributed by atoms with E-state index < -0.39 is 5.92 Å². The molecule has 0 N–H and O–H groups in total. The fourth-order valence-electron chi connectivity index (χ4n) is 2.08. The van der Waals surface area contributed by atoms with Crippen LogP contribution in [0, 0.1) is 11.3 Å². The molecule has 1 atom stereocenters. The van der Waals surface area contributed by atoms with Crippen LogP contribution >= 0.6 is 15.9 Å². The van der Waals surface area contributed by atoms with Crippen LogP contribution in [0.15, 0.2) is 59.1 Å². The van der Waals surface area contributed by atoms with E-state index in [1.165, 1.54) is 0 Å². The van der Waals surface area contributed by atoms with E-state index in [9.17, 15) is 10.1 Å². The molecular formula is C17H14BrNO. The lowest BCUT2D eigenvalue weighted by atomic mass is 9.92. The summed E-state index contributed by atoms with van der Waals surface area (Å²) in [4.78, 5) is 12.3. The summed E-state index contributed by atoms with van der Waals surface area (Å²) in [6.07, 6.45) is 1.05. The lowest BCUT2D eigenvalue weighted by Gasteiger charge is -2.10. The monoisotopic (exact) mass is 327 g/mol. The molecule has 20 heavy (non-hydrogen) atoms. The van der Waals surface area contributed by atoms with Gasteiger partial charge in [-0.1, -0.05) is 64.5 Å². The molecular weight excluding hydrogens is 314 g/mol. The van der Waals surface area contributed by atoms with E-state index in [0.29, 0.717) is 12.8 Å². The average Bonchev–Trinajstić information content (AvgIpc) is 2.49. The van der Waals surface area contributed by atoms with Crippen molar-refractivity contribution in [1.29, 1.82) is 5.26 Å². The highest BCUT2D eigenvalue weighted by atomic mass is 79.9. The third kappa shape index (κ3) is 3.55. The molecule has 0 fully saturated rings. The number of hydrogen-bond donors (Lipinski definition) is 0. The minimum atomic E-state index is -0.700. The standard InChI is InChI=1S/C17H14BrNO/c18-16-9-5-4-8-14(16)15(12-19)17(20)11-10-13-6-2-1-3-7-13/h1-9,15H,10-11H2. The third-order valence-corrected chi connectivity index (χ3v) is 3.89. The molecule has 2 rings (SSSR count). The highest BCUT2D eigenvalue weighted by Gasteiger charge is 2.21. The number of benzene rings is 2. The highest BCUT2D eigenvalue weighted by molar-refractivity contribution is 9.10. The maximum absolute atomic E-state index is 12.3. The quantitative estimate of drug-likeness (QED) is 0.823. The van der Waals surface area contributed by atoms with Crippen molar-refractivity contribution in [1.82, 2.24) is 0 Å². The predicted octanol–water partition coefficient (Wildman–Crippen LogP) is 4.26. The highest BCUT2D eigenvalue weighted by Crippen LogP contribution is 2.26. The summed E-state index contributed by atoms with van der Waals surface area (Å²) in [7, 11) is 0. The summed E-state index contributed by atoms with van der Waals surface area (Å²) < 4.78 is 0.805. The summed E-state index contributed by atoms with van der Waals surface area (Å²) in [6, 6.07) is 19.3. The molecule has 2 aromatic rings. The van der Waals surface area contributed by atoms with Crippen molar-refractivity contribution < 1.29 is 4.79 Å². The smallest absolute Gasteiger partial charge is 0.154 e. The Morgan fingerprint density at radius 3 is 2.40 bits per heavy atom. The molecule has 0 heterocycles. The second-order valence-electron chi connectivity index (χ2n) is 4.54. The van der Waals surface area contributed by atoms with E-state index in [1.807, 2.05) is 54.6 Å². The van der Waals surface area contributed by atoms with Crippen molar-refractivity contribution in [2.45, 2.75) is 18.8 Å². The number of nitrogens with zero attached hydrogens (tertiary/aromatic N) is 1. The van der Waals surface area contributed by atoms with Crippen molar-refractivity contribution in [3.63, 3.8) is 0 Å².